The van der Waals surface area contributed by atoms with Crippen molar-refractivity contribution in [3.63, 3.8) is 0 Å². The molecule has 0 radical (unpaired) electrons. The molecule has 1 unspecified atom stereocenters. The minimum absolute atomic E-state index is 0.135. The lowest BCUT2D eigenvalue weighted by atomic mass is 9.87. The smallest absolute Gasteiger partial charge is 0.351 e. The molecule has 0 saturated carbocycles. The van der Waals surface area contributed by atoms with Crippen molar-refractivity contribution in [1.29, 1.82) is 0 Å². The van der Waals surface area contributed by atoms with Crippen LogP contribution in [-0.2, 0) is 9.54 Å². The predicted octanol–water partition coefficient (Wildman–Crippen LogP) is 6.62. The second-order valence-electron chi connectivity index (χ2n) is 8.37. The summed E-state index contributed by atoms with van der Waals surface area (Å²) in [5, 5.41) is 5.01. The third-order valence-corrected chi connectivity index (χ3v) is 7.75. The van der Waals surface area contributed by atoms with Crippen LogP contribution in [0.1, 0.15) is 27.9 Å². The highest BCUT2D eigenvalue weighted by atomic mass is 35.5. The molecule has 0 fully saturated rings. The number of fused-ring (bicyclic) bond motifs is 1. The van der Waals surface area contributed by atoms with Gasteiger partial charge in [0.25, 0.3) is 5.91 Å². The van der Waals surface area contributed by atoms with Crippen LogP contribution >= 0.6 is 35.1 Å². The summed E-state index contributed by atoms with van der Waals surface area (Å²) < 4.78 is 59.1. The number of carbonyl (C=O) groups excluding carboxylic acids is 2. The Bertz CT molecular complexity index is 1460. The molecule has 0 aromatic heterocycles. The first-order chi connectivity index (χ1) is 18.0. The molecule has 3 aromatic carbocycles. The van der Waals surface area contributed by atoms with E-state index in [9.17, 15) is 27.2 Å². The van der Waals surface area contributed by atoms with Gasteiger partial charge in [-0.15, -0.1) is 6.58 Å². The van der Waals surface area contributed by atoms with Gasteiger partial charge in [0.1, 0.15) is 0 Å². The number of benzene rings is 3. The molecule has 2 N–H and O–H groups in total. The van der Waals surface area contributed by atoms with Crippen LogP contribution in [0.3, 0.4) is 0 Å². The SMILES string of the molecule is C=CCNC(=O)CNC(=O)c1ccc(C2=NSC(c3cc(Cl)c(F)c(Cl)c3)(C(F)(F)F)C2)c2ccccc12. The number of nitrogens with zero attached hydrogens (tertiary/aromatic N) is 1. The number of rotatable bonds is 7. The lowest BCUT2D eigenvalue weighted by Crippen LogP contribution is -2.38. The molecule has 1 aliphatic rings. The molecule has 5 nitrogen and oxygen atoms in total. The molecule has 198 valence electrons. The highest BCUT2D eigenvalue weighted by Gasteiger charge is 2.60. The quantitative estimate of drug-likeness (QED) is 0.142. The number of carbonyl (C=O) groups is 2. The van der Waals surface area contributed by atoms with E-state index in [2.05, 4.69) is 21.6 Å². The van der Waals surface area contributed by atoms with Crippen LogP contribution in [0.2, 0.25) is 10.0 Å². The monoisotopic (exact) mass is 583 g/mol. The van der Waals surface area contributed by atoms with Gasteiger partial charge in [0.05, 0.1) is 22.3 Å². The Morgan fingerprint density at radius 1 is 1.08 bits per heavy atom. The van der Waals surface area contributed by atoms with Crippen LogP contribution in [0.4, 0.5) is 17.6 Å². The highest BCUT2D eigenvalue weighted by molar-refractivity contribution is 7.99. The molecule has 4 rings (SSSR count). The van der Waals surface area contributed by atoms with E-state index < -0.39 is 45.0 Å². The lowest BCUT2D eigenvalue weighted by molar-refractivity contribution is -0.159. The van der Waals surface area contributed by atoms with Gasteiger partial charge in [0.15, 0.2) is 10.6 Å². The normalized spacial score (nSPS) is 17.3. The van der Waals surface area contributed by atoms with E-state index in [0.717, 1.165) is 12.1 Å². The Balaban J connectivity index is 1.69. The minimum Gasteiger partial charge on any atom is -0.351 e. The predicted molar refractivity (Wildman–Crippen MR) is 142 cm³/mol. The Morgan fingerprint density at radius 3 is 2.37 bits per heavy atom. The van der Waals surface area contributed by atoms with E-state index in [1.54, 1.807) is 24.3 Å². The average molecular weight is 584 g/mol. The van der Waals surface area contributed by atoms with Gasteiger partial charge in [-0.1, -0.05) is 59.6 Å². The van der Waals surface area contributed by atoms with Gasteiger partial charge in [0.2, 0.25) is 5.91 Å². The molecular formula is C26H19Cl2F4N3O2S. The third-order valence-electron chi connectivity index (χ3n) is 5.97. The summed E-state index contributed by atoms with van der Waals surface area (Å²) in [6.07, 6.45) is -3.85. The van der Waals surface area contributed by atoms with E-state index in [0.29, 0.717) is 28.3 Å². The van der Waals surface area contributed by atoms with Crippen LogP contribution in [0.25, 0.3) is 10.8 Å². The summed E-state index contributed by atoms with van der Waals surface area (Å²) in [7, 11) is 0. The van der Waals surface area contributed by atoms with Crippen molar-refractivity contribution < 1.29 is 27.2 Å². The summed E-state index contributed by atoms with van der Waals surface area (Å²) in [5.74, 6) is -1.93. The van der Waals surface area contributed by atoms with E-state index in [-0.39, 0.29) is 29.9 Å². The molecule has 12 heteroatoms. The summed E-state index contributed by atoms with van der Waals surface area (Å²) in [6.45, 7) is 3.49. The van der Waals surface area contributed by atoms with Crippen LogP contribution in [0, 0.1) is 5.82 Å². The fourth-order valence-corrected chi connectivity index (χ4v) is 5.53. The number of halogens is 6. The molecule has 1 aliphatic heterocycles. The number of nitrogens with one attached hydrogen (secondary N) is 2. The van der Waals surface area contributed by atoms with Crippen molar-refractivity contribution in [3.05, 3.63) is 93.7 Å². The van der Waals surface area contributed by atoms with Gasteiger partial charge < -0.3 is 10.6 Å². The van der Waals surface area contributed by atoms with Gasteiger partial charge in [-0.3, -0.25) is 9.59 Å². The fourth-order valence-electron chi connectivity index (χ4n) is 4.09. The number of hydrogen-bond acceptors (Lipinski definition) is 4. The van der Waals surface area contributed by atoms with Crippen molar-refractivity contribution in [3.8, 4) is 0 Å². The molecule has 3 aromatic rings. The average Bonchev–Trinajstić information content (AvgIpc) is 3.35. The summed E-state index contributed by atoms with van der Waals surface area (Å²) in [5.41, 5.74) is 0.459. The summed E-state index contributed by atoms with van der Waals surface area (Å²) in [6, 6.07) is 11.5. The topological polar surface area (TPSA) is 70.6 Å². The van der Waals surface area contributed by atoms with Crippen LogP contribution in [-0.4, -0.2) is 36.8 Å². The zero-order valence-electron chi connectivity index (χ0n) is 19.5. The molecule has 0 aliphatic carbocycles. The molecule has 0 spiro atoms. The van der Waals surface area contributed by atoms with E-state index in [1.807, 2.05) is 0 Å². The number of alkyl halides is 3. The van der Waals surface area contributed by atoms with E-state index in [4.69, 9.17) is 23.2 Å². The Kier molecular flexibility index (Phi) is 8.06. The van der Waals surface area contributed by atoms with E-state index in [1.165, 1.54) is 18.2 Å². The number of hydrogen-bond donors (Lipinski definition) is 2. The minimum atomic E-state index is -4.78. The van der Waals surface area contributed by atoms with Crippen molar-refractivity contribution in [1.82, 2.24) is 10.6 Å². The molecule has 0 saturated heterocycles. The van der Waals surface area contributed by atoms with Gasteiger partial charge in [0, 0.05) is 24.1 Å². The first-order valence-electron chi connectivity index (χ1n) is 11.1. The fraction of sp³-hybridized carbons (Fsp3) is 0.192. The maximum absolute atomic E-state index is 14.5. The van der Waals surface area contributed by atoms with Gasteiger partial charge in [-0.2, -0.15) is 13.2 Å². The maximum Gasteiger partial charge on any atom is 0.409 e. The van der Waals surface area contributed by atoms with Crippen molar-refractivity contribution in [2.24, 2.45) is 4.40 Å². The Labute approximate surface area is 229 Å². The van der Waals surface area contributed by atoms with Crippen LogP contribution < -0.4 is 10.6 Å². The highest BCUT2D eigenvalue weighted by Crippen LogP contribution is 2.57. The molecular weight excluding hydrogens is 565 g/mol. The van der Waals surface area contributed by atoms with Crippen LogP contribution in [0.15, 0.2) is 65.6 Å². The largest absolute Gasteiger partial charge is 0.409 e. The molecule has 1 atom stereocenters. The Morgan fingerprint density at radius 2 is 1.74 bits per heavy atom. The molecule has 0 bridgehead atoms. The first kappa shape index (κ1) is 27.9. The van der Waals surface area contributed by atoms with Crippen molar-refractivity contribution in [2.45, 2.75) is 17.3 Å². The van der Waals surface area contributed by atoms with Gasteiger partial charge in [-0.05, 0) is 46.5 Å². The second kappa shape index (κ2) is 11.0. The standard InChI is InChI=1S/C26H19Cl2F4N3O2S/c1-2-9-33-22(36)13-34-24(37)18-8-7-17(15-5-3-4-6-16(15)18)21-12-25(38-35-21,26(30,31)32)14-10-19(27)23(29)20(28)11-14/h2-8,10-11H,1,9,12-13H2,(H,33,36)(H,34,37). The Hall–Kier alpha value is -3.08. The van der Waals surface area contributed by atoms with Gasteiger partial charge >= 0.3 is 6.18 Å². The van der Waals surface area contributed by atoms with Crippen molar-refractivity contribution in [2.75, 3.05) is 13.1 Å². The van der Waals surface area contributed by atoms with Crippen LogP contribution in [0.5, 0.6) is 0 Å². The molecule has 2 amide bonds. The lowest BCUT2D eigenvalue weighted by Gasteiger charge is -2.30. The first-order valence-corrected chi connectivity index (χ1v) is 12.7. The molecule has 38 heavy (non-hydrogen) atoms. The van der Waals surface area contributed by atoms with E-state index >= 15 is 0 Å². The zero-order chi connectivity index (χ0) is 27.7. The van der Waals surface area contributed by atoms with Crippen molar-refractivity contribution >= 4 is 63.4 Å². The molecule has 1 heterocycles. The van der Waals surface area contributed by atoms with Gasteiger partial charge in [-0.25, -0.2) is 8.79 Å². The maximum atomic E-state index is 14.5. The summed E-state index contributed by atoms with van der Waals surface area (Å²) in [4.78, 5) is 24.7. The zero-order valence-corrected chi connectivity index (χ0v) is 21.8. The second-order valence-corrected chi connectivity index (χ2v) is 10.2. The third kappa shape index (κ3) is 5.25. The number of amides is 2. The summed E-state index contributed by atoms with van der Waals surface area (Å²) >= 11 is 11.9.